The Morgan fingerprint density at radius 3 is 1.73 bits per heavy atom. The molecule has 32 heteroatoms. The van der Waals surface area contributed by atoms with Gasteiger partial charge in [0.15, 0.2) is 16.5 Å². The summed E-state index contributed by atoms with van der Waals surface area (Å²) in [5, 5.41) is 11.4. The monoisotopic (exact) mass is 1030 g/mol. The molecule has 4 fully saturated rings. The van der Waals surface area contributed by atoms with E-state index in [-0.39, 0.29) is 72.3 Å². The van der Waals surface area contributed by atoms with Crippen molar-refractivity contribution in [1.29, 1.82) is 0 Å². The predicted molar refractivity (Wildman–Crippen MR) is 229 cm³/mol. The third-order valence-electron chi connectivity index (χ3n) is 9.86. The minimum atomic E-state index is -4.96. The Morgan fingerprint density at radius 1 is 0.682 bits per heavy atom. The fourth-order valence-electron chi connectivity index (χ4n) is 6.54. The van der Waals surface area contributed by atoms with Crippen molar-refractivity contribution in [1.82, 2.24) is 42.0 Å². The molecule has 10 amide bonds. The Labute approximate surface area is 389 Å². The second-order valence-electron chi connectivity index (χ2n) is 14.8. The zero-order valence-electron chi connectivity index (χ0n) is 34.8. The average molecular weight is 1030 g/mol. The van der Waals surface area contributed by atoms with Gasteiger partial charge in [0.05, 0.1) is 24.9 Å². The van der Waals surface area contributed by atoms with Gasteiger partial charge in [-0.25, -0.2) is 14.4 Å². The first-order valence-corrected chi connectivity index (χ1v) is 26.7. The maximum Gasteiger partial charge on any atom is 0.333 e. The van der Waals surface area contributed by atoms with Gasteiger partial charge >= 0.3 is 18.0 Å². The van der Waals surface area contributed by atoms with Gasteiger partial charge in [-0.05, 0) is 25.7 Å². The molecule has 0 saturated carbocycles. The lowest BCUT2D eigenvalue weighted by atomic mass is 10.0. The molecule has 0 aromatic heterocycles. The van der Waals surface area contributed by atoms with Crippen LogP contribution in [0.1, 0.15) is 70.6 Å². The van der Waals surface area contributed by atoms with E-state index in [2.05, 4.69) is 41.6 Å². The quantitative estimate of drug-likeness (QED) is 0.0100. The number of nitrogens with zero attached hydrogens (tertiary/aromatic N) is 2. The molecule has 0 aromatic rings. The van der Waals surface area contributed by atoms with E-state index in [4.69, 9.17) is 9.11 Å². The Kier molecular flexibility index (Phi) is 20.3. The van der Waals surface area contributed by atoms with Crippen LogP contribution in [-0.4, -0.2) is 172 Å². The Hall–Kier alpha value is -4.76. The minimum absolute atomic E-state index is 0.0966. The first-order valence-electron chi connectivity index (χ1n) is 20.2. The van der Waals surface area contributed by atoms with Crippen LogP contribution in [0, 0.1) is 0 Å². The van der Waals surface area contributed by atoms with E-state index in [1.807, 2.05) is 11.8 Å². The molecule has 0 aliphatic carbocycles. The van der Waals surface area contributed by atoms with E-state index in [1.165, 1.54) is 21.6 Å². The molecule has 4 heterocycles. The van der Waals surface area contributed by atoms with Gasteiger partial charge in [0.2, 0.25) is 11.8 Å². The largest absolute Gasteiger partial charge is 0.355 e. The van der Waals surface area contributed by atoms with Crippen LogP contribution in [0.3, 0.4) is 0 Å². The highest BCUT2D eigenvalue weighted by Gasteiger charge is 2.49. The summed E-state index contributed by atoms with van der Waals surface area (Å²) in [5.41, 5.74) is 0. The van der Waals surface area contributed by atoms with E-state index in [1.54, 1.807) is 0 Å². The maximum absolute atomic E-state index is 13.1. The summed E-state index contributed by atoms with van der Waals surface area (Å²) in [4.78, 5) is 145. The molecule has 66 heavy (non-hydrogen) atoms. The van der Waals surface area contributed by atoms with Crippen molar-refractivity contribution in [3.8, 4) is 0 Å². The SMILES string of the molecule is O=C(CCCC[C@@H]1SC[C@@H]2NC(=O)N[C@@H]21)NCCSSCCC(=O)NC(C(=O)NCCCC(=O)ON1C(=O)CC(S(=O)(=O)O)C1=O)C(=O)NCCCC(=O)ON1C(=O)CC(S(=O)(=O)O)C1=O. The number of thioether (sulfide) groups is 1. The van der Waals surface area contributed by atoms with Gasteiger partial charge in [0.25, 0.3) is 55.7 Å². The van der Waals surface area contributed by atoms with Gasteiger partial charge in [-0.2, -0.15) is 28.6 Å². The number of amides is 10. The number of imide groups is 2. The number of fused-ring (bicyclic) bond motifs is 1. The van der Waals surface area contributed by atoms with Crippen molar-refractivity contribution in [3.05, 3.63) is 0 Å². The first-order chi connectivity index (χ1) is 31.1. The lowest BCUT2D eigenvalue weighted by Crippen LogP contribution is -2.55. The second kappa shape index (κ2) is 24.8. The number of carbonyl (C=O) groups excluding carboxylic acids is 11. The van der Waals surface area contributed by atoms with Crippen molar-refractivity contribution in [2.45, 2.75) is 105 Å². The lowest BCUT2D eigenvalue weighted by molar-refractivity contribution is -0.197. The standard InChI is InChI=1S/C34H48N8O19S5/c43-22(6-2-1-5-19-28-18(17-62-19)38-34(53)40-28)35-12-14-64-63-13-9-23(44)39-29(30(49)36-10-3-7-26(47)60-41-24(45)15-20(32(41)51)65(54,55)56)31(50)37-11-4-8-27(48)61-42-25(46)16-21(33(42)52)66(57,58)59/h18-21,28-29H,1-17H2,(H,35,43)(H,36,49)(H,37,50)(H,39,44)(H2,38,40,53)(H,54,55,56)(H,57,58,59)/t18-,19-,20?,21?,28-,29?/m0/s1. The van der Waals surface area contributed by atoms with Gasteiger partial charge in [-0.3, -0.25) is 47.5 Å². The van der Waals surface area contributed by atoms with Gasteiger partial charge in [0, 0.05) is 67.8 Å². The molecule has 8 N–H and O–H groups in total. The van der Waals surface area contributed by atoms with Gasteiger partial charge in [-0.15, -0.1) is 10.1 Å². The average Bonchev–Trinajstić information content (AvgIpc) is 3.96. The molecule has 368 valence electrons. The Bertz CT molecular complexity index is 2040. The van der Waals surface area contributed by atoms with Crippen molar-refractivity contribution >= 4 is 119 Å². The Morgan fingerprint density at radius 2 is 1.21 bits per heavy atom. The van der Waals surface area contributed by atoms with Gasteiger partial charge in [-0.1, -0.05) is 28.0 Å². The normalized spacial score (nSPS) is 22.0. The zero-order chi connectivity index (χ0) is 48.8. The van der Waals surface area contributed by atoms with Crippen LogP contribution in [0.25, 0.3) is 0 Å². The second-order valence-corrected chi connectivity index (χ2v) is 22.0. The number of hydrogen-bond donors (Lipinski definition) is 8. The number of unbranched alkanes of at least 4 members (excludes halogenated alkanes) is 1. The van der Waals surface area contributed by atoms with Crippen LogP contribution >= 0.6 is 33.3 Å². The van der Waals surface area contributed by atoms with E-state index in [9.17, 15) is 69.6 Å². The van der Waals surface area contributed by atoms with E-state index in [0.29, 0.717) is 30.4 Å². The van der Waals surface area contributed by atoms with Gasteiger partial charge < -0.3 is 41.6 Å². The van der Waals surface area contributed by atoms with Crippen LogP contribution in [0.15, 0.2) is 0 Å². The topological polar surface area (TPSA) is 394 Å². The summed E-state index contributed by atoms with van der Waals surface area (Å²) < 4.78 is 63.5. The fraction of sp³-hybridized carbons (Fsp3) is 0.676. The molecule has 27 nitrogen and oxygen atoms in total. The van der Waals surface area contributed by atoms with E-state index >= 15 is 0 Å². The van der Waals surface area contributed by atoms with Crippen molar-refractivity contribution in [2.24, 2.45) is 0 Å². The minimum Gasteiger partial charge on any atom is -0.355 e. The smallest absolute Gasteiger partial charge is 0.333 e. The summed E-state index contributed by atoms with van der Waals surface area (Å²) in [5.74, 6) is -9.11. The summed E-state index contributed by atoms with van der Waals surface area (Å²) >= 11 is 1.81. The molecule has 4 rings (SSSR count). The molecular formula is C34H48N8O19S5. The van der Waals surface area contributed by atoms with E-state index < -0.39 is 116 Å². The highest BCUT2D eigenvalue weighted by atomic mass is 33.1. The molecule has 0 bridgehead atoms. The number of urea groups is 1. The molecule has 0 radical (unpaired) electrons. The molecular weight excluding hydrogens is 985 g/mol. The van der Waals surface area contributed by atoms with Crippen LogP contribution in [0.5, 0.6) is 0 Å². The van der Waals surface area contributed by atoms with Crippen molar-refractivity contribution in [3.63, 3.8) is 0 Å². The summed E-state index contributed by atoms with van der Waals surface area (Å²) in [6.07, 6.45) is -0.813. The predicted octanol–water partition coefficient (Wildman–Crippen LogP) is -3.18. The molecule has 5 atom stereocenters. The summed E-state index contributed by atoms with van der Waals surface area (Å²) in [6, 6.07) is -1.77. The molecule has 4 aliphatic heterocycles. The van der Waals surface area contributed by atoms with Crippen molar-refractivity contribution < 1.29 is 88.4 Å². The van der Waals surface area contributed by atoms with Crippen LogP contribution in [0.4, 0.5) is 4.79 Å². The van der Waals surface area contributed by atoms with E-state index in [0.717, 1.165) is 18.6 Å². The number of nitrogens with one attached hydrogen (secondary N) is 6. The highest BCUT2D eigenvalue weighted by Crippen LogP contribution is 2.33. The lowest BCUT2D eigenvalue weighted by Gasteiger charge is -2.18. The number of hydroxylamine groups is 4. The first kappa shape index (κ1) is 53.9. The fourth-order valence-corrected chi connectivity index (χ4v) is 11.4. The number of carbonyl (C=O) groups is 11. The molecule has 0 aromatic carbocycles. The third kappa shape index (κ3) is 16.2. The molecule has 2 unspecified atom stereocenters. The zero-order valence-corrected chi connectivity index (χ0v) is 38.8. The van der Waals surface area contributed by atoms with Crippen LogP contribution in [0.2, 0.25) is 0 Å². The molecule has 4 saturated heterocycles. The number of rotatable bonds is 27. The summed E-state index contributed by atoms with van der Waals surface area (Å²) in [6.45, 7) is -0.292. The van der Waals surface area contributed by atoms with Crippen LogP contribution in [-0.2, 0) is 77.9 Å². The number of hydrogen-bond acceptors (Lipinski definition) is 20. The highest BCUT2D eigenvalue weighted by molar-refractivity contribution is 8.76. The van der Waals surface area contributed by atoms with Crippen molar-refractivity contribution in [2.75, 3.05) is 36.9 Å². The molecule has 4 aliphatic rings. The molecule has 0 spiro atoms. The third-order valence-corrected chi connectivity index (χ3v) is 15.9. The van der Waals surface area contributed by atoms with Crippen LogP contribution < -0.4 is 31.9 Å². The summed E-state index contributed by atoms with van der Waals surface area (Å²) in [7, 11) is -7.26. The Balaban J connectivity index is 1.16. The van der Waals surface area contributed by atoms with Gasteiger partial charge in [0.1, 0.15) is 0 Å². The maximum atomic E-state index is 13.1.